The average molecular weight is 360 g/mol. The minimum atomic E-state index is -0.355. The molecule has 4 nitrogen and oxygen atoms in total. The lowest BCUT2D eigenvalue weighted by Gasteiger charge is -2.60. The first kappa shape index (κ1) is 18.1. The monoisotopic (exact) mass is 360 g/mol. The zero-order valence-corrected chi connectivity index (χ0v) is 16.5. The number of esters is 1. The molecule has 1 aromatic heterocycles. The van der Waals surface area contributed by atoms with Gasteiger partial charge in [-0.25, -0.2) is 0 Å². The summed E-state index contributed by atoms with van der Waals surface area (Å²) in [6.07, 6.45) is 10.5. The zero-order valence-electron chi connectivity index (χ0n) is 16.5. The molecule has 4 rings (SSSR count). The van der Waals surface area contributed by atoms with E-state index in [-0.39, 0.29) is 23.1 Å². The highest BCUT2D eigenvalue weighted by Crippen LogP contribution is 2.67. The van der Waals surface area contributed by atoms with Crippen molar-refractivity contribution in [2.24, 2.45) is 22.7 Å². The summed E-state index contributed by atoms with van der Waals surface area (Å²) in [7, 11) is 0. The van der Waals surface area contributed by atoms with E-state index in [1.54, 1.807) is 12.5 Å². The number of carbonyl (C=O) groups excluding carboxylic acids is 1. The summed E-state index contributed by atoms with van der Waals surface area (Å²) < 4.78 is 17.5. The summed E-state index contributed by atoms with van der Waals surface area (Å²) in [6, 6.07) is 2.01. The molecule has 0 bridgehead atoms. The quantitative estimate of drug-likeness (QED) is 0.688. The number of ether oxygens (including phenoxy) is 2. The second-order valence-electron chi connectivity index (χ2n) is 9.74. The molecule has 3 aliphatic rings. The fraction of sp³-hybridized carbons (Fsp3) is 0.773. The molecule has 0 amide bonds. The summed E-state index contributed by atoms with van der Waals surface area (Å²) in [5.41, 5.74) is 1.36. The Morgan fingerprint density at radius 2 is 2.04 bits per heavy atom. The fourth-order valence-corrected chi connectivity index (χ4v) is 6.73. The third-order valence-electron chi connectivity index (χ3n) is 7.82. The molecule has 0 N–H and O–H groups in total. The Morgan fingerprint density at radius 3 is 2.73 bits per heavy atom. The SMILES string of the molecule is CC(=O)OC[C@@]12CC[C@H]3C(C)(C)CCC[C@]3(C)[C@H]1C[C@@H](c1ccoc1)O2. The van der Waals surface area contributed by atoms with Crippen LogP contribution in [-0.2, 0) is 14.3 Å². The van der Waals surface area contributed by atoms with Crippen molar-refractivity contribution in [1.82, 2.24) is 0 Å². The Bertz CT molecular complexity index is 664. The Morgan fingerprint density at radius 1 is 1.23 bits per heavy atom. The van der Waals surface area contributed by atoms with Crippen LogP contribution in [0.3, 0.4) is 0 Å². The highest BCUT2D eigenvalue weighted by Gasteiger charge is 2.64. The smallest absolute Gasteiger partial charge is 0.302 e. The van der Waals surface area contributed by atoms with Crippen molar-refractivity contribution in [3.8, 4) is 0 Å². The van der Waals surface area contributed by atoms with Gasteiger partial charge in [0.2, 0.25) is 0 Å². The van der Waals surface area contributed by atoms with Gasteiger partial charge < -0.3 is 13.9 Å². The van der Waals surface area contributed by atoms with Crippen LogP contribution in [0.15, 0.2) is 23.0 Å². The van der Waals surface area contributed by atoms with Gasteiger partial charge in [-0.3, -0.25) is 4.79 Å². The van der Waals surface area contributed by atoms with Gasteiger partial charge in [-0.2, -0.15) is 0 Å². The van der Waals surface area contributed by atoms with E-state index in [0.29, 0.717) is 23.9 Å². The van der Waals surface area contributed by atoms with Crippen molar-refractivity contribution in [3.63, 3.8) is 0 Å². The summed E-state index contributed by atoms with van der Waals surface area (Å²) in [4.78, 5) is 11.6. The van der Waals surface area contributed by atoms with Gasteiger partial charge in [-0.15, -0.1) is 0 Å². The molecule has 1 saturated heterocycles. The second-order valence-corrected chi connectivity index (χ2v) is 9.74. The van der Waals surface area contributed by atoms with E-state index in [0.717, 1.165) is 24.8 Å². The first-order valence-corrected chi connectivity index (χ1v) is 10.1. The summed E-state index contributed by atoms with van der Waals surface area (Å²) in [5.74, 6) is 0.892. The molecule has 1 aliphatic heterocycles. The second kappa shape index (κ2) is 6.12. The topological polar surface area (TPSA) is 48.7 Å². The predicted octanol–water partition coefficient (Wildman–Crippen LogP) is 5.29. The van der Waals surface area contributed by atoms with Crippen LogP contribution in [0, 0.1) is 22.7 Å². The maximum Gasteiger partial charge on any atom is 0.302 e. The Labute approximate surface area is 156 Å². The van der Waals surface area contributed by atoms with Gasteiger partial charge >= 0.3 is 5.97 Å². The predicted molar refractivity (Wildman–Crippen MR) is 98.5 cm³/mol. The van der Waals surface area contributed by atoms with Gasteiger partial charge in [0.15, 0.2) is 0 Å². The van der Waals surface area contributed by atoms with E-state index in [9.17, 15) is 4.79 Å². The minimum absolute atomic E-state index is 0.0370. The van der Waals surface area contributed by atoms with E-state index < -0.39 is 0 Å². The van der Waals surface area contributed by atoms with Crippen LogP contribution in [0.5, 0.6) is 0 Å². The Balaban J connectivity index is 1.70. The van der Waals surface area contributed by atoms with Gasteiger partial charge in [0.05, 0.1) is 18.6 Å². The fourth-order valence-electron chi connectivity index (χ4n) is 6.73. The van der Waals surface area contributed by atoms with Gasteiger partial charge in [0.25, 0.3) is 0 Å². The number of hydrogen-bond acceptors (Lipinski definition) is 4. The van der Waals surface area contributed by atoms with Crippen molar-refractivity contribution in [2.45, 2.75) is 77.9 Å². The zero-order chi connectivity index (χ0) is 18.6. The standard InChI is InChI=1S/C22H32O4/c1-15(23)25-14-22-10-6-18-20(2,3)8-5-9-21(18,4)19(22)12-17(26-22)16-7-11-24-13-16/h7,11,13,17-19H,5-6,8-10,12,14H2,1-4H3/t17-,18-,19+,21-,22-/m0/s1. The summed E-state index contributed by atoms with van der Waals surface area (Å²) in [5, 5.41) is 0. The number of rotatable bonds is 3. The molecule has 1 aromatic rings. The Kier molecular flexibility index (Phi) is 4.26. The molecular formula is C22H32O4. The molecule has 144 valence electrons. The average Bonchev–Trinajstić information content (AvgIpc) is 3.20. The van der Waals surface area contributed by atoms with Gasteiger partial charge in [-0.05, 0) is 60.8 Å². The highest BCUT2D eigenvalue weighted by atomic mass is 16.6. The molecule has 26 heavy (non-hydrogen) atoms. The van der Waals surface area contributed by atoms with Crippen LogP contribution in [0.2, 0.25) is 0 Å². The third kappa shape index (κ3) is 2.72. The molecule has 2 heterocycles. The van der Waals surface area contributed by atoms with Crippen LogP contribution < -0.4 is 0 Å². The number of hydrogen-bond donors (Lipinski definition) is 0. The van der Waals surface area contributed by atoms with Gasteiger partial charge in [-0.1, -0.05) is 27.2 Å². The normalized spacial score (nSPS) is 41.3. The van der Waals surface area contributed by atoms with Crippen molar-refractivity contribution < 1.29 is 18.7 Å². The Hall–Kier alpha value is -1.29. The molecule has 0 unspecified atom stereocenters. The lowest BCUT2D eigenvalue weighted by atomic mass is 9.45. The maximum atomic E-state index is 11.6. The van der Waals surface area contributed by atoms with E-state index in [1.807, 2.05) is 6.07 Å². The molecule has 0 radical (unpaired) electrons. The lowest BCUT2D eigenvalue weighted by molar-refractivity contribution is -0.191. The van der Waals surface area contributed by atoms with Crippen molar-refractivity contribution in [1.29, 1.82) is 0 Å². The van der Waals surface area contributed by atoms with Crippen molar-refractivity contribution >= 4 is 5.97 Å². The van der Waals surface area contributed by atoms with Gasteiger partial charge in [0.1, 0.15) is 12.2 Å². The number of fused-ring (bicyclic) bond motifs is 3. The van der Waals surface area contributed by atoms with Crippen LogP contribution >= 0.6 is 0 Å². The first-order chi connectivity index (χ1) is 12.3. The number of furan rings is 1. The molecular weight excluding hydrogens is 328 g/mol. The maximum absolute atomic E-state index is 11.6. The molecule has 0 spiro atoms. The third-order valence-corrected chi connectivity index (χ3v) is 7.82. The van der Waals surface area contributed by atoms with E-state index in [1.165, 1.54) is 26.2 Å². The van der Waals surface area contributed by atoms with Crippen LogP contribution in [0.1, 0.15) is 77.9 Å². The van der Waals surface area contributed by atoms with Crippen molar-refractivity contribution in [3.05, 3.63) is 24.2 Å². The van der Waals surface area contributed by atoms with E-state index >= 15 is 0 Å². The van der Waals surface area contributed by atoms with Gasteiger partial charge in [0, 0.05) is 12.5 Å². The van der Waals surface area contributed by atoms with Crippen molar-refractivity contribution in [2.75, 3.05) is 6.61 Å². The molecule has 4 heteroatoms. The first-order valence-electron chi connectivity index (χ1n) is 10.1. The number of carbonyl (C=O) groups is 1. The lowest BCUT2D eigenvalue weighted by Crippen LogP contribution is -2.58. The summed E-state index contributed by atoms with van der Waals surface area (Å²) in [6.45, 7) is 9.23. The van der Waals surface area contributed by atoms with Crippen LogP contribution in [0.4, 0.5) is 0 Å². The molecule has 0 aromatic carbocycles. The summed E-state index contributed by atoms with van der Waals surface area (Å²) >= 11 is 0. The molecule has 2 aliphatic carbocycles. The molecule has 2 saturated carbocycles. The molecule has 5 atom stereocenters. The van der Waals surface area contributed by atoms with E-state index in [4.69, 9.17) is 13.9 Å². The van der Waals surface area contributed by atoms with E-state index in [2.05, 4.69) is 20.8 Å². The molecule has 3 fully saturated rings. The minimum Gasteiger partial charge on any atom is -0.472 e. The largest absolute Gasteiger partial charge is 0.472 e. The van der Waals surface area contributed by atoms with Crippen LogP contribution in [-0.4, -0.2) is 18.2 Å². The highest BCUT2D eigenvalue weighted by molar-refractivity contribution is 5.66. The van der Waals surface area contributed by atoms with Crippen LogP contribution in [0.25, 0.3) is 0 Å².